The van der Waals surface area contributed by atoms with E-state index in [1.54, 1.807) is 6.20 Å². The molecule has 118 valence electrons. The van der Waals surface area contributed by atoms with Crippen molar-refractivity contribution in [1.82, 2.24) is 15.0 Å². The second-order valence-corrected chi connectivity index (χ2v) is 4.63. The van der Waals surface area contributed by atoms with Crippen LogP contribution < -0.4 is 5.73 Å². The van der Waals surface area contributed by atoms with Crippen LogP contribution in [0.4, 0.5) is 13.2 Å². The van der Waals surface area contributed by atoms with E-state index in [0.29, 0.717) is 0 Å². The van der Waals surface area contributed by atoms with Crippen LogP contribution in [0.1, 0.15) is 18.0 Å². The summed E-state index contributed by atoms with van der Waals surface area (Å²) in [5, 5.41) is 15.1. The molecule has 1 aromatic heterocycles. The van der Waals surface area contributed by atoms with Crippen LogP contribution in [0.25, 0.3) is 11.3 Å². The Labute approximate surface area is 123 Å². The van der Waals surface area contributed by atoms with E-state index in [9.17, 15) is 13.2 Å². The summed E-state index contributed by atoms with van der Waals surface area (Å²) in [4.78, 5) is 8.90. The smallest absolute Gasteiger partial charge is 0.475 e. The van der Waals surface area contributed by atoms with Gasteiger partial charge in [-0.15, -0.1) is 5.10 Å². The van der Waals surface area contributed by atoms with Crippen molar-refractivity contribution >= 4 is 5.97 Å². The van der Waals surface area contributed by atoms with Crippen LogP contribution in [-0.4, -0.2) is 32.2 Å². The second-order valence-electron chi connectivity index (χ2n) is 4.63. The minimum Gasteiger partial charge on any atom is -0.475 e. The molecule has 0 fully saturated rings. The fourth-order valence-corrected chi connectivity index (χ4v) is 2.10. The van der Waals surface area contributed by atoms with Gasteiger partial charge in [-0.3, -0.25) is 0 Å². The van der Waals surface area contributed by atoms with Gasteiger partial charge in [0.25, 0.3) is 0 Å². The minimum absolute atomic E-state index is 0.0999. The van der Waals surface area contributed by atoms with Gasteiger partial charge in [0.05, 0.1) is 11.9 Å². The molecule has 2 heterocycles. The summed E-state index contributed by atoms with van der Waals surface area (Å²) in [6.45, 7) is 0.838. The zero-order chi connectivity index (χ0) is 16.3. The lowest BCUT2D eigenvalue weighted by Crippen LogP contribution is -2.21. The number of rotatable bonds is 0. The summed E-state index contributed by atoms with van der Waals surface area (Å²) in [6, 6.07) is 8.31. The number of benzene rings is 1. The lowest BCUT2D eigenvalue weighted by Gasteiger charge is -2.10. The fourth-order valence-electron chi connectivity index (χ4n) is 2.10. The van der Waals surface area contributed by atoms with Crippen molar-refractivity contribution in [3.8, 4) is 11.3 Å². The number of alkyl halides is 3. The number of carboxylic acid groups (broad SMARTS) is 1. The van der Waals surface area contributed by atoms with Gasteiger partial charge in [0, 0.05) is 18.2 Å². The van der Waals surface area contributed by atoms with E-state index in [2.05, 4.69) is 22.4 Å². The standard InChI is InChI=1S/C11H12N4.C2HF3O2/c12-10-5-6-15-11(7-13-14-15)9-4-2-1-3-8(9)10;3-2(4,5)1(6)7/h1-4,7,10H,5-6,12H2;(H,6,7). The number of carbonyl (C=O) groups is 1. The van der Waals surface area contributed by atoms with Crippen LogP contribution in [0, 0.1) is 0 Å². The predicted octanol–water partition coefficient (Wildman–Crippen LogP) is 1.98. The summed E-state index contributed by atoms with van der Waals surface area (Å²) in [5.74, 6) is -2.76. The lowest BCUT2D eigenvalue weighted by atomic mass is 9.99. The lowest BCUT2D eigenvalue weighted by molar-refractivity contribution is -0.192. The third-order valence-corrected chi connectivity index (χ3v) is 3.15. The third-order valence-electron chi connectivity index (χ3n) is 3.15. The molecule has 1 aromatic carbocycles. The van der Waals surface area contributed by atoms with E-state index in [4.69, 9.17) is 15.6 Å². The SMILES string of the molecule is NC1CCn2nncc2-c2ccccc21.O=C(O)C(F)(F)F. The average molecular weight is 314 g/mol. The van der Waals surface area contributed by atoms with Gasteiger partial charge in [-0.05, 0) is 12.0 Å². The van der Waals surface area contributed by atoms with E-state index in [0.717, 1.165) is 24.2 Å². The summed E-state index contributed by atoms with van der Waals surface area (Å²) < 4.78 is 33.7. The number of carboxylic acids is 1. The normalized spacial score (nSPS) is 16.6. The van der Waals surface area contributed by atoms with Gasteiger partial charge in [0.15, 0.2) is 0 Å². The molecule has 0 spiro atoms. The van der Waals surface area contributed by atoms with Crippen molar-refractivity contribution in [2.45, 2.75) is 25.2 Å². The van der Waals surface area contributed by atoms with Gasteiger partial charge in [0.1, 0.15) is 0 Å². The molecule has 1 aliphatic rings. The molecule has 2 aromatic rings. The van der Waals surface area contributed by atoms with Gasteiger partial charge in [0.2, 0.25) is 0 Å². The molecule has 22 heavy (non-hydrogen) atoms. The van der Waals surface area contributed by atoms with Crippen molar-refractivity contribution in [1.29, 1.82) is 0 Å². The fraction of sp³-hybridized carbons (Fsp3) is 0.308. The first kappa shape index (κ1) is 16.0. The molecule has 9 heteroatoms. The van der Waals surface area contributed by atoms with Crippen LogP contribution in [-0.2, 0) is 11.3 Å². The van der Waals surface area contributed by atoms with E-state index >= 15 is 0 Å². The highest BCUT2D eigenvalue weighted by molar-refractivity contribution is 5.73. The van der Waals surface area contributed by atoms with Gasteiger partial charge in [-0.25, -0.2) is 9.48 Å². The van der Waals surface area contributed by atoms with Crippen LogP contribution in [0.2, 0.25) is 0 Å². The van der Waals surface area contributed by atoms with E-state index < -0.39 is 12.1 Å². The van der Waals surface area contributed by atoms with Crippen molar-refractivity contribution in [2.24, 2.45) is 5.73 Å². The largest absolute Gasteiger partial charge is 0.490 e. The van der Waals surface area contributed by atoms with E-state index in [-0.39, 0.29) is 6.04 Å². The van der Waals surface area contributed by atoms with Crippen LogP contribution >= 0.6 is 0 Å². The number of nitrogens with zero attached hydrogens (tertiary/aromatic N) is 3. The molecule has 1 unspecified atom stereocenters. The number of aliphatic carboxylic acids is 1. The highest BCUT2D eigenvalue weighted by atomic mass is 19.4. The highest BCUT2D eigenvalue weighted by Gasteiger charge is 2.38. The van der Waals surface area contributed by atoms with Gasteiger partial charge in [-0.1, -0.05) is 29.5 Å². The maximum absolute atomic E-state index is 10.6. The Morgan fingerprint density at radius 2 is 2.00 bits per heavy atom. The number of hydrogen-bond acceptors (Lipinski definition) is 4. The molecule has 6 nitrogen and oxygen atoms in total. The van der Waals surface area contributed by atoms with Crippen molar-refractivity contribution in [3.63, 3.8) is 0 Å². The molecular formula is C13H13F3N4O2. The summed E-state index contributed by atoms with van der Waals surface area (Å²) in [5.41, 5.74) is 9.54. The predicted molar refractivity (Wildman–Crippen MR) is 70.7 cm³/mol. The number of aryl methyl sites for hydroxylation is 1. The van der Waals surface area contributed by atoms with Gasteiger partial charge in [-0.2, -0.15) is 13.2 Å². The summed E-state index contributed by atoms with van der Waals surface area (Å²) in [7, 11) is 0. The molecular weight excluding hydrogens is 301 g/mol. The maximum atomic E-state index is 10.6. The zero-order valence-corrected chi connectivity index (χ0v) is 11.3. The summed E-state index contributed by atoms with van der Waals surface area (Å²) >= 11 is 0. The first-order chi connectivity index (χ1) is 10.3. The van der Waals surface area contributed by atoms with E-state index in [1.165, 1.54) is 5.56 Å². The minimum atomic E-state index is -5.08. The Balaban J connectivity index is 0.000000217. The van der Waals surface area contributed by atoms with Gasteiger partial charge >= 0.3 is 12.1 Å². The first-order valence-electron chi connectivity index (χ1n) is 6.34. The molecule has 1 aliphatic heterocycles. The third kappa shape index (κ3) is 3.42. The number of aromatic nitrogens is 3. The topological polar surface area (TPSA) is 94.0 Å². The van der Waals surface area contributed by atoms with Crippen LogP contribution in [0.5, 0.6) is 0 Å². The number of fused-ring (bicyclic) bond motifs is 3. The Morgan fingerprint density at radius 1 is 1.36 bits per heavy atom. The van der Waals surface area contributed by atoms with Crippen molar-refractivity contribution in [2.75, 3.05) is 0 Å². The van der Waals surface area contributed by atoms with Crippen LogP contribution in [0.3, 0.4) is 0 Å². The molecule has 1 atom stereocenters. The molecule has 0 saturated heterocycles. The molecule has 0 aliphatic carbocycles. The van der Waals surface area contributed by atoms with Crippen molar-refractivity contribution in [3.05, 3.63) is 36.0 Å². The molecule has 3 N–H and O–H groups in total. The van der Waals surface area contributed by atoms with E-state index in [1.807, 2.05) is 16.8 Å². The highest BCUT2D eigenvalue weighted by Crippen LogP contribution is 2.31. The molecule has 3 rings (SSSR count). The van der Waals surface area contributed by atoms with Crippen molar-refractivity contribution < 1.29 is 23.1 Å². The molecule has 0 bridgehead atoms. The zero-order valence-electron chi connectivity index (χ0n) is 11.3. The number of halogens is 3. The van der Waals surface area contributed by atoms with Gasteiger partial charge < -0.3 is 10.8 Å². The van der Waals surface area contributed by atoms with Crippen LogP contribution in [0.15, 0.2) is 30.5 Å². The number of nitrogens with two attached hydrogens (primary N) is 1. The number of hydrogen-bond donors (Lipinski definition) is 2. The molecule has 0 saturated carbocycles. The average Bonchev–Trinajstić information content (AvgIpc) is 2.88. The maximum Gasteiger partial charge on any atom is 0.490 e. The first-order valence-corrected chi connectivity index (χ1v) is 6.34. The quantitative estimate of drug-likeness (QED) is 0.775. The monoisotopic (exact) mass is 314 g/mol. The Morgan fingerprint density at radius 3 is 2.64 bits per heavy atom. The Kier molecular flexibility index (Phi) is 4.45. The Hall–Kier alpha value is -2.42. The second kappa shape index (κ2) is 6.14. The Bertz CT molecular complexity index is 669. The molecule has 0 radical (unpaired) electrons. The molecule has 0 amide bonds. The summed E-state index contributed by atoms with van der Waals surface area (Å²) in [6.07, 6.45) is -2.37.